The zero-order chi connectivity index (χ0) is 19.1. The Hall–Kier alpha value is -1.88. The van der Waals surface area contributed by atoms with E-state index in [-0.39, 0.29) is 20.1 Å². The van der Waals surface area contributed by atoms with Gasteiger partial charge in [0.2, 0.25) is 0 Å². The van der Waals surface area contributed by atoms with Crippen LogP contribution in [0.4, 0.5) is 0 Å². The van der Waals surface area contributed by atoms with Gasteiger partial charge >= 0.3 is 0 Å². The monoisotopic (exact) mass is 568 g/mol. The second-order valence-corrected chi connectivity index (χ2v) is 8.62. The van der Waals surface area contributed by atoms with E-state index in [1.807, 2.05) is 17.7 Å². The van der Waals surface area contributed by atoms with Crippen LogP contribution in [-0.2, 0) is 20.1 Å². The largest absolute Gasteiger partial charge is 0.290 e. The van der Waals surface area contributed by atoms with Crippen LogP contribution >= 0.6 is 11.3 Å². The molecule has 0 atom stereocenters. The average molecular weight is 568 g/mol. The van der Waals surface area contributed by atoms with E-state index in [1.165, 1.54) is 11.1 Å². The zero-order valence-corrected chi connectivity index (χ0v) is 19.9. The Kier molecular flexibility index (Phi) is 6.13. The Morgan fingerprint density at radius 2 is 1.71 bits per heavy atom. The molecule has 0 unspecified atom stereocenters. The van der Waals surface area contributed by atoms with Gasteiger partial charge in [-0.2, -0.15) is 5.10 Å². The van der Waals surface area contributed by atoms with Crippen LogP contribution in [0.15, 0.2) is 36.7 Å². The maximum absolute atomic E-state index is 4.73. The van der Waals surface area contributed by atoms with Crippen molar-refractivity contribution >= 4 is 21.6 Å². The number of fused-ring (bicyclic) bond motifs is 1. The standard InChI is InChI=1S/C22H23N4S.Ir/c1-13(2)16-8-6-9-17(14(3)4)21(16)26-22(23-12-24-26)18-10-7-11-19-20(18)25-15(5)27-19;/h6-9,11-14H,1-5H3;/q-1;. The van der Waals surface area contributed by atoms with Gasteiger partial charge in [0, 0.05) is 25.6 Å². The molecule has 0 aliphatic rings. The van der Waals surface area contributed by atoms with Crippen molar-refractivity contribution in [3.05, 3.63) is 58.9 Å². The molecule has 4 nitrogen and oxygen atoms in total. The Morgan fingerprint density at radius 3 is 2.36 bits per heavy atom. The Morgan fingerprint density at radius 1 is 1.04 bits per heavy atom. The van der Waals surface area contributed by atoms with Gasteiger partial charge in [-0.3, -0.25) is 14.6 Å². The predicted octanol–water partition coefficient (Wildman–Crippen LogP) is 5.90. The molecule has 0 amide bonds. The summed E-state index contributed by atoms with van der Waals surface area (Å²) in [5.74, 6) is 1.56. The molecule has 0 saturated heterocycles. The molecular formula is C22H23IrN4S-. The molecule has 0 N–H and O–H groups in total. The van der Waals surface area contributed by atoms with E-state index in [9.17, 15) is 0 Å². The maximum atomic E-state index is 4.73. The number of benzene rings is 2. The summed E-state index contributed by atoms with van der Waals surface area (Å²) in [6, 6.07) is 13.9. The van der Waals surface area contributed by atoms with E-state index in [1.54, 1.807) is 17.7 Å². The number of rotatable bonds is 4. The van der Waals surface area contributed by atoms with Crippen LogP contribution in [0.25, 0.3) is 27.3 Å². The van der Waals surface area contributed by atoms with Gasteiger partial charge in [0.25, 0.3) is 0 Å². The van der Waals surface area contributed by atoms with Gasteiger partial charge in [-0.25, -0.2) is 0 Å². The number of aryl methyl sites for hydroxylation is 1. The van der Waals surface area contributed by atoms with Gasteiger partial charge in [0.1, 0.15) is 6.33 Å². The van der Waals surface area contributed by atoms with Crippen LogP contribution in [0.1, 0.15) is 55.7 Å². The van der Waals surface area contributed by atoms with E-state index >= 15 is 0 Å². The minimum absolute atomic E-state index is 0. The fourth-order valence-corrected chi connectivity index (χ4v) is 4.34. The number of aromatic nitrogens is 4. The van der Waals surface area contributed by atoms with Crippen molar-refractivity contribution in [3.8, 4) is 17.1 Å². The summed E-state index contributed by atoms with van der Waals surface area (Å²) in [4.78, 5) is 9.33. The fourth-order valence-electron chi connectivity index (χ4n) is 3.51. The number of para-hydroxylation sites is 1. The summed E-state index contributed by atoms with van der Waals surface area (Å²) in [7, 11) is 0. The van der Waals surface area contributed by atoms with Crippen molar-refractivity contribution in [1.29, 1.82) is 0 Å². The van der Waals surface area contributed by atoms with Crippen molar-refractivity contribution in [1.82, 2.24) is 19.7 Å². The van der Waals surface area contributed by atoms with Crippen molar-refractivity contribution in [2.24, 2.45) is 0 Å². The molecule has 0 aliphatic heterocycles. The number of hydrogen-bond acceptors (Lipinski definition) is 4. The second-order valence-electron chi connectivity index (χ2n) is 7.39. The average Bonchev–Trinajstić information content (AvgIpc) is 3.25. The van der Waals surface area contributed by atoms with Crippen LogP contribution in [0.5, 0.6) is 0 Å². The fraction of sp³-hybridized carbons (Fsp3) is 0.318. The third-order valence-electron chi connectivity index (χ3n) is 4.79. The predicted molar refractivity (Wildman–Crippen MR) is 112 cm³/mol. The van der Waals surface area contributed by atoms with Crippen molar-refractivity contribution in [2.45, 2.75) is 46.5 Å². The number of thiazole rings is 1. The Labute approximate surface area is 183 Å². The zero-order valence-electron chi connectivity index (χ0n) is 16.6. The van der Waals surface area contributed by atoms with Crippen molar-refractivity contribution < 1.29 is 20.1 Å². The van der Waals surface area contributed by atoms with E-state index < -0.39 is 0 Å². The minimum atomic E-state index is 0. The van der Waals surface area contributed by atoms with Crippen LogP contribution in [0.2, 0.25) is 0 Å². The summed E-state index contributed by atoms with van der Waals surface area (Å²) in [5, 5.41) is 5.67. The Bertz CT molecular complexity index is 1080. The maximum Gasteiger partial charge on any atom is 0.127 e. The van der Waals surface area contributed by atoms with E-state index in [0.29, 0.717) is 11.8 Å². The van der Waals surface area contributed by atoms with Gasteiger partial charge in [-0.15, -0.1) is 29.5 Å². The van der Waals surface area contributed by atoms with E-state index in [0.717, 1.165) is 32.3 Å². The molecular weight excluding hydrogens is 545 g/mol. The molecule has 4 rings (SSSR count). The summed E-state index contributed by atoms with van der Waals surface area (Å²) in [6.07, 6.45) is 1.63. The summed E-state index contributed by atoms with van der Waals surface area (Å²) in [6.45, 7) is 10.9. The van der Waals surface area contributed by atoms with Gasteiger partial charge in [-0.1, -0.05) is 51.5 Å². The van der Waals surface area contributed by atoms with E-state index in [2.05, 4.69) is 68.1 Å². The molecule has 28 heavy (non-hydrogen) atoms. The van der Waals surface area contributed by atoms with Crippen molar-refractivity contribution in [3.63, 3.8) is 0 Å². The second kappa shape index (κ2) is 8.24. The molecule has 2 aromatic heterocycles. The number of hydrogen-bond donors (Lipinski definition) is 0. The van der Waals surface area contributed by atoms with Crippen LogP contribution in [0.3, 0.4) is 0 Å². The number of nitrogens with zero attached hydrogens (tertiary/aromatic N) is 4. The third kappa shape index (κ3) is 3.57. The van der Waals surface area contributed by atoms with Gasteiger partial charge in [0.05, 0.1) is 16.5 Å². The Balaban J connectivity index is 0.00000225. The molecule has 0 spiro atoms. The molecule has 147 valence electrons. The molecule has 0 saturated carbocycles. The topological polar surface area (TPSA) is 43.6 Å². The smallest absolute Gasteiger partial charge is 0.127 e. The molecule has 2 aromatic carbocycles. The summed E-state index contributed by atoms with van der Waals surface area (Å²) >= 11 is 1.69. The first-order valence-electron chi connectivity index (χ1n) is 9.28. The van der Waals surface area contributed by atoms with Crippen LogP contribution < -0.4 is 0 Å². The first-order chi connectivity index (χ1) is 13.0. The van der Waals surface area contributed by atoms with Crippen LogP contribution in [-0.4, -0.2) is 19.7 Å². The molecule has 0 aliphatic carbocycles. The van der Waals surface area contributed by atoms with Gasteiger partial charge < -0.3 is 0 Å². The molecule has 1 radical (unpaired) electrons. The molecule has 0 fully saturated rings. The minimum Gasteiger partial charge on any atom is -0.290 e. The normalized spacial score (nSPS) is 11.4. The SMILES string of the molecule is Cc1nc2c(-c3ncnn3-c3c(C(C)C)cccc3C(C)C)[c-]ccc2s1.[Ir]. The van der Waals surface area contributed by atoms with Gasteiger partial charge in [0.15, 0.2) is 0 Å². The molecule has 0 bridgehead atoms. The summed E-state index contributed by atoms with van der Waals surface area (Å²) in [5.41, 5.74) is 5.53. The van der Waals surface area contributed by atoms with Gasteiger partial charge in [-0.05, 0) is 34.6 Å². The van der Waals surface area contributed by atoms with Crippen molar-refractivity contribution in [2.75, 3.05) is 0 Å². The molecule has 4 aromatic rings. The summed E-state index contributed by atoms with van der Waals surface area (Å²) < 4.78 is 3.13. The quantitative estimate of drug-likeness (QED) is 0.289. The first kappa shape index (κ1) is 20.8. The molecule has 6 heteroatoms. The van der Waals surface area contributed by atoms with Crippen LogP contribution in [0, 0.1) is 13.0 Å². The third-order valence-corrected chi connectivity index (χ3v) is 5.72. The van der Waals surface area contributed by atoms with E-state index in [4.69, 9.17) is 4.98 Å². The first-order valence-corrected chi connectivity index (χ1v) is 10.1. The molecule has 2 heterocycles.